The predicted octanol–water partition coefficient (Wildman–Crippen LogP) is -0.330. The number of carboxylic acid groups (broad SMARTS) is 1. The third kappa shape index (κ3) is 3.99. The Hall–Kier alpha value is -2.65. The fourth-order valence-electron chi connectivity index (χ4n) is 3.04. The SMILES string of the molecule is Cn1nnnc1SCC1=C(C(=O)O)N2C(=O)C[C@H]2SC1NC(=O)Cc1csc(N)n1. The van der Waals surface area contributed by atoms with Crippen LogP contribution in [0, 0.1) is 0 Å². The highest BCUT2D eigenvalue weighted by Gasteiger charge is 2.48. The summed E-state index contributed by atoms with van der Waals surface area (Å²) in [5.74, 6) is -1.60. The lowest BCUT2D eigenvalue weighted by Crippen LogP contribution is -2.57. The Balaban J connectivity index is 1.58. The molecule has 1 fully saturated rings. The van der Waals surface area contributed by atoms with Gasteiger partial charge in [0.1, 0.15) is 11.1 Å². The lowest BCUT2D eigenvalue weighted by atomic mass is 10.1. The molecule has 2 atom stereocenters. The third-order valence-corrected chi connectivity index (χ3v) is 7.55. The molecule has 2 aliphatic heterocycles. The zero-order valence-corrected chi connectivity index (χ0v) is 18.0. The Morgan fingerprint density at radius 1 is 1.47 bits per heavy atom. The van der Waals surface area contributed by atoms with E-state index in [4.69, 9.17) is 5.73 Å². The number of nitrogen functional groups attached to an aromatic ring is 1. The molecule has 0 bridgehead atoms. The number of nitrogens with one attached hydrogen (secondary N) is 1. The van der Waals surface area contributed by atoms with Crippen molar-refractivity contribution in [3.05, 3.63) is 22.3 Å². The number of anilines is 1. The van der Waals surface area contributed by atoms with E-state index < -0.39 is 11.3 Å². The van der Waals surface area contributed by atoms with Crippen LogP contribution in [0.5, 0.6) is 0 Å². The number of aliphatic carboxylic acids is 1. The minimum atomic E-state index is -1.22. The monoisotopic (exact) mass is 468 g/mol. The molecule has 30 heavy (non-hydrogen) atoms. The second kappa shape index (κ2) is 8.23. The highest BCUT2D eigenvalue weighted by molar-refractivity contribution is 8.01. The molecule has 158 valence electrons. The number of thiazole rings is 1. The van der Waals surface area contributed by atoms with Gasteiger partial charge in [-0.2, -0.15) is 0 Å². The molecule has 2 aliphatic rings. The van der Waals surface area contributed by atoms with Crippen molar-refractivity contribution in [3.8, 4) is 0 Å². The van der Waals surface area contributed by atoms with Crippen molar-refractivity contribution < 1.29 is 19.5 Å². The van der Waals surface area contributed by atoms with Crippen LogP contribution in [-0.2, 0) is 27.9 Å². The van der Waals surface area contributed by atoms with Crippen LogP contribution in [0.2, 0.25) is 0 Å². The molecular weight excluding hydrogens is 452 g/mol. The maximum absolute atomic E-state index is 12.6. The molecule has 12 nitrogen and oxygen atoms in total. The quantitative estimate of drug-likeness (QED) is 0.359. The van der Waals surface area contributed by atoms with Gasteiger partial charge in [0.15, 0.2) is 5.13 Å². The first-order chi connectivity index (χ1) is 14.3. The summed E-state index contributed by atoms with van der Waals surface area (Å²) in [5, 5.41) is 25.5. The second-order valence-electron chi connectivity index (χ2n) is 6.41. The Bertz CT molecular complexity index is 1050. The smallest absolute Gasteiger partial charge is 0.352 e. The number of rotatable bonds is 7. The van der Waals surface area contributed by atoms with Crippen molar-refractivity contribution in [1.82, 2.24) is 35.4 Å². The molecular formula is C15H16N8O4S3. The number of carbonyl (C=O) groups excluding carboxylic acids is 2. The van der Waals surface area contributed by atoms with Gasteiger partial charge in [0.25, 0.3) is 0 Å². The van der Waals surface area contributed by atoms with Crippen LogP contribution in [0.25, 0.3) is 0 Å². The molecule has 4 rings (SSSR count). The number of amides is 2. The zero-order valence-electron chi connectivity index (χ0n) is 15.5. The highest BCUT2D eigenvalue weighted by Crippen LogP contribution is 2.44. The first kappa shape index (κ1) is 20.6. The van der Waals surface area contributed by atoms with Crippen molar-refractivity contribution in [2.45, 2.75) is 28.7 Å². The molecule has 4 heterocycles. The number of nitrogens with zero attached hydrogens (tertiary/aromatic N) is 6. The average Bonchev–Trinajstić information content (AvgIpc) is 3.27. The third-order valence-electron chi connectivity index (χ3n) is 4.40. The molecule has 2 amide bonds. The number of fused-ring (bicyclic) bond motifs is 1. The van der Waals surface area contributed by atoms with Crippen molar-refractivity contribution in [2.24, 2.45) is 7.05 Å². The van der Waals surface area contributed by atoms with Gasteiger partial charge in [0.2, 0.25) is 17.0 Å². The number of nitrogens with two attached hydrogens (primary N) is 1. The van der Waals surface area contributed by atoms with Gasteiger partial charge in [0, 0.05) is 23.8 Å². The summed E-state index contributed by atoms with van der Waals surface area (Å²) in [4.78, 5) is 42.0. The molecule has 1 unspecified atom stereocenters. The normalized spacial score (nSPS) is 20.7. The van der Waals surface area contributed by atoms with Gasteiger partial charge >= 0.3 is 5.97 Å². The summed E-state index contributed by atoms with van der Waals surface area (Å²) < 4.78 is 1.46. The van der Waals surface area contributed by atoms with E-state index in [0.29, 0.717) is 21.6 Å². The van der Waals surface area contributed by atoms with Crippen molar-refractivity contribution >= 4 is 57.8 Å². The Labute approximate surface area is 182 Å². The fraction of sp³-hybridized carbons (Fsp3) is 0.400. The van der Waals surface area contributed by atoms with Crippen LogP contribution in [-0.4, -0.2) is 69.5 Å². The summed E-state index contributed by atoms with van der Waals surface area (Å²) in [6.45, 7) is 0. The first-order valence-electron chi connectivity index (χ1n) is 8.61. The van der Waals surface area contributed by atoms with Crippen LogP contribution in [0.15, 0.2) is 21.8 Å². The molecule has 0 saturated carbocycles. The number of carboxylic acids is 1. The van der Waals surface area contributed by atoms with Gasteiger partial charge in [-0.25, -0.2) is 14.5 Å². The van der Waals surface area contributed by atoms with Gasteiger partial charge in [-0.05, 0) is 10.4 Å². The topological polar surface area (TPSA) is 169 Å². The highest BCUT2D eigenvalue weighted by atomic mass is 32.2. The summed E-state index contributed by atoms with van der Waals surface area (Å²) in [5.41, 5.74) is 6.46. The van der Waals surface area contributed by atoms with Gasteiger partial charge in [0.05, 0.1) is 23.9 Å². The molecule has 1 saturated heterocycles. The van der Waals surface area contributed by atoms with Crippen LogP contribution in [0.4, 0.5) is 5.13 Å². The number of hydrogen-bond donors (Lipinski definition) is 3. The zero-order chi connectivity index (χ0) is 21.4. The number of aromatic nitrogens is 5. The lowest BCUT2D eigenvalue weighted by Gasteiger charge is -2.46. The number of hydrogen-bond acceptors (Lipinski definition) is 11. The van der Waals surface area contributed by atoms with Gasteiger partial charge < -0.3 is 16.2 Å². The fourth-order valence-corrected chi connectivity index (χ4v) is 6.07. The minimum absolute atomic E-state index is 0.0219. The molecule has 0 aromatic carbocycles. The van der Waals surface area contributed by atoms with E-state index in [1.54, 1.807) is 12.4 Å². The van der Waals surface area contributed by atoms with Crippen LogP contribution in [0.1, 0.15) is 12.1 Å². The molecule has 2 aromatic rings. The Morgan fingerprint density at radius 2 is 2.27 bits per heavy atom. The molecule has 15 heteroatoms. The first-order valence-corrected chi connectivity index (χ1v) is 11.4. The van der Waals surface area contributed by atoms with Crippen molar-refractivity contribution in [2.75, 3.05) is 11.5 Å². The van der Waals surface area contributed by atoms with Gasteiger partial charge in [-0.15, -0.1) is 28.2 Å². The van der Waals surface area contributed by atoms with Crippen LogP contribution in [0.3, 0.4) is 0 Å². The number of tetrazole rings is 1. The predicted molar refractivity (Wildman–Crippen MR) is 109 cm³/mol. The van der Waals surface area contributed by atoms with E-state index in [1.807, 2.05) is 0 Å². The van der Waals surface area contributed by atoms with Crippen LogP contribution < -0.4 is 11.1 Å². The van der Waals surface area contributed by atoms with Gasteiger partial charge in [-0.3, -0.25) is 14.5 Å². The van der Waals surface area contributed by atoms with E-state index >= 15 is 0 Å². The number of aryl methyl sites for hydroxylation is 1. The summed E-state index contributed by atoms with van der Waals surface area (Å²) in [6.07, 6.45) is 0.248. The number of thioether (sulfide) groups is 2. The Morgan fingerprint density at radius 3 is 2.87 bits per heavy atom. The largest absolute Gasteiger partial charge is 0.477 e. The van der Waals surface area contributed by atoms with E-state index in [0.717, 1.165) is 0 Å². The van der Waals surface area contributed by atoms with E-state index in [2.05, 4.69) is 25.8 Å². The summed E-state index contributed by atoms with van der Waals surface area (Å²) in [6, 6.07) is 0. The Kier molecular flexibility index (Phi) is 5.66. The average molecular weight is 469 g/mol. The summed E-state index contributed by atoms with van der Waals surface area (Å²) in [7, 11) is 1.66. The molecule has 0 radical (unpaired) electrons. The van der Waals surface area contributed by atoms with Crippen molar-refractivity contribution in [3.63, 3.8) is 0 Å². The maximum atomic E-state index is 12.6. The van der Waals surface area contributed by atoms with Gasteiger partial charge in [-0.1, -0.05) is 11.8 Å². The second-order valence-corrected chi connectivity index (χ2v) is 9.53. The molecule has 4 N–H and O–H groups in total. The molecule has 0 spiro atoms. The minimum Gasteiger partial charge on any atom is -0.477 e. The standard InChI is InChI=1S/C15H16N8O4S3/c1-22-15(19-20-21-22)29-5-7-11(13(26)27)23-9(25)3-10(23)30-12(7)18-8(24)2-6-4-28-14(16)17-6/h4,10,12H,2-3,5H2,1H3,(H2,16,17)(H,18,24)(H,26,27)/t10-,12?/m1/s1. The number of carbonyl (C=O) groups is 3. The number of β-lactam (4-membered cyclic amide) rings is 1. The molecule has 0 aliphatic carbocycles. The summed E-state index contributed by atoms with van der Waals surface area (Å²) >= 11 is 3.80. The van der Waals surface area contributed by atoms with Crippen LogP contribution >= 0.6 is 34.9 Å². The molecule has 2 aromatic heterocycles. The van der Waals surface area contributed by atoms with Crippen molar-refractivity contribution in [1.29, 1.82) is 0 Å². The van der Waals surface area contributed by atoms with E-state index in [-0.39, 0.29) is 41.5 Å². The van der Waals surface area contributed by atoms with E-state index in [9.17, 15) is 19.5 Å². The maximum Gasteiger partial charge on any atom is 0.352 e. The van der Waals surface area contributed by atoms with E-state index in [1.165, 1.54) is 44.4 Å². The lowest BCUT2D eigenvalue weighted by molar-refractivity contribution is -0.146.